The van der Waals surface area contributed by atoms with Crippen LogP contribution in [0.3, 0.4) is 0 Å². The highest BCUT2D eigenvalue weighted by atomic mass is 79.9. The Morgan fingerprint density at radius 3 is 3.06 bits per heavy atom. The number of rotatable bonds is 3. The first-order valence-electron chi connectivity index (χ1n) is 5.30. The smallest absolute Gasteiger partial charge is 0.248 e. The molecule has 5 heteroatoms. The lowest BCUT2D eigenvalue weighted by molar-refractivity contribution is -0.111. The number of amides is 1. The van der Waals surface area contributed by atoms with Gasteiger partial charge in [0.25, 0.3) is 0 Å². The van der Waals surface area contributed by atoms with Crippen LogP contribution in [-0.2, 0) is 4.79 Å². The van der Waals surface area contributed by atoms with Gasteiger partial charge in [0, 0.05) is 6.08 Å². The summed E-state index contributed by atoms with van der Waals surface area (Å²) in [6, 6.07) is 5.38. The topological polar surface area (TPSA) is 55.1 Å². The van der Waals surface area contributed by atoms with Gasteiger partial charge in [-0.2, -0.15) is 0 Å². The predicted molar refractivity (Wildman–Crippen MR) is 73.0 cm³/mol. The van der Waals surface area contributed by atoms with Gasteiger partial charge < -0.3 is 9.73 Å². The Morgan fingerprint density at radius 1 is 1.56 bits per heavy atom. The highest BCUT2D eigenvalue weighted by molar-refractivity contribution is 9.10. The molecule has 2 aromatic heterocycles. The predicted octanol–water partition coefficient (Wildman–Crippen LogP) is 3.40. The van der Waals surface area contributed by atoms with E-state index in [4.69, 9.17) is 4.42 Å². The van der Waals surface area contributed by atoms with Gasteiger partial charge in [-0.05, 0) is 52.7 Å². The molecule has 4 nitrogen and oxygen atoms in total. The summed E-state index contributed by atoms with van der Waals surface area (Å²) in [5.41, 5.74) is 1.62. The minimum Gasteiger partial charge on any atom is -0.465 e. The Kier molecular flexibility index (Phi) is 3.94. The van der Waals surface area contributed by atoms with Crippen molar-refractivity contribution in [2.24, 2.45) is 0 Å². The van der Waals surface area contributed by atoms with E-state index in [0.29, 0.717) is 11.4 Å². The van der Waals surface area contributed by atoms with Crippen LogP contribution in [0.2, 0.25) is 0 Å². The van der Waals surface area contributed by atoms with Crippen molar-refractivity contribution in [2.75, 3.05) is 5.32 Å². The Hall–Kier alpha value is -1.88. The van der Waals surface area contributed by atoms with Gasteiger partial charge in [-0.15, -0.1) is 0 Å². The van der Waals surface area contributed by atoms with E-state index in [0.717, 1.165) is 10.2 Å². The van der Waals surface area contributed by atoms with Crippen molar-refractivity contribution in [1.82, 2.24) is 4.98 Å². The number of carbonyl (C=O) groups excluding carboxylic acids is 1. The lowest BCUT2D eigenvalue weighted by Crippen LogP contribution is -2.08. The standard InChI is InChI=1S/C13H11BrN2O2/c1-9-7-10(8-15-13(9)14)16-12(17)5-4-11-3-2-6-18-11/h2-8H,1H3,(H,16,17)/b5-4+. The van der Waals surface area contributed by atoms with Crippen molar-refractivity contribution < 1.29 is 9.21 Å². The fourth-order valence-corrected chi connectivity index (χ4v) is 1.57. The van der Waals surface area contributed by atoms with Gasteiger partial charge in [-0.25, -0.2) is 4.98 Å². The van der Waals surface area contributed by atoms with Crippen molar-refractivity contribution >= 4 is 33.6 Å². The summed E-state index contributed by atoms with van der Waals surface area (Å²) < 4.78 is 5.85. The summed E-state index contributed by atoms with van der Waals surface area (Å²) in [7, 11) is 0. The van der Waals surface area contributed by atoms with Crippen molar-refractivity contribution in [3.05, 3.63) is 52.7 Å². The number of aromatic nitrogens is 1. The summed E-state index contributed by atoms with van der Waals surface area (Å²) in [5, 5.41) is 2.72. The third-order valence-electron chi connectivity index (χ3n) is 2.22. The molecule has 0 atom stereocenters. The third-order valence-corrected chi connectivity index (χ3v) is 3.05. The second kappa shape index (κ2) is 5.64. The first kappa shape index (κ1) is 12.6. The van der Waals surface area contributed by atoms with E-state index in [9.17, 15) is 4.79 Å². The molecule has 0 aliphatic rings. The summed E-state index contributed by atoms with van der Waals surface area (Å²) >= 11 is 3.30. The van der Waals surface area contributed by atoms with Crippen LogP contribution in [0.5, 0.6) is 0 Å². The molecule has 0 aliphatic heterocycles. The number of anilines is 1. The molecule has 0 bridgehead atoms. The monoisotopic (exact) mass is 306 g/mol. The van der Waals surface area contributed by atoms with Crippen LogP contribution in [0, 0.1) is 6.92 Å². The molecule has 92 valence electrons. The Balaban J connectivity index is 2.01. The average Bonchev–Trinajstić information content (AvgIpc) is 2.84. The average molecular weight is 307 g/mol. The molecular weight excluding hydrogens is 296 g/mol. The fourth-order valence-electron chi connectivity index (χ4n) is 1.35. The van der Waals surface area contributed by atoms with Gasteiger partial charge in [-0.3, -0.25) is 4.79 Å². The molecule has 0 saturated heterocycles. The molecule has 0 aliphatic carbocycles. The van der Waals surface area contributed by atoms with Crippen LogP contribution in [0.1, 0.15) is 11.3 Å². The van der Waals surface area contributed by atoms with Crippen LogP contribution in [-0.4, -0.2) is 10.9 Å². The maximum Gasteiger partial charge on any atom is 0.248 e. The molecule has 1 amide bonds. The van der Waals surface area contributed by atoms with Crippen molar-refractivity contribution in [3.63, 3.8) is 0 Å². The lowest BCUT2D eigenvalue weighted by Gasteiger charge is -2.03. The summed E-state index contributed by atoms with van der Waals surface area (Å²) in [4.78, 5) is 15.7. The molecule has 0 unspecified atom stereocenters. The molecule has 2 heterocycles. The number of hydrogen-bond acceptors (Lipinski definition) is 3. The van der Waals surface area contributed by atoms with Gasteiger partial charge >= 0.3 is 0 Å². The first-order chi connectivity index (χ1) is 8.65. The van der Waals surface area contributed by atoms with Crippen LogP contribution in [0.15, 0.2) is 45.8 Å². The molecular formula is C13H11BrN2O2. The van der Waals surface area contributed by atoms with Gasteiger partial charge in [0.2, 0.25) is 5.91 Å². The SMILES string of the molecule is Cc1cc(NC(=O)/C=C/c2ccco2)cnc1Br. The second-order valence-corrected chi connectivity index (χ2v) is 4.42. The maximum absolute atomic E-state index is 11.6. The van der Waals surface area contributed by atoms with E-state index in [1.165, 1.54) is 6.08 Å². The van der Waals surface area contributed by atoms with E-state index in [1.54, 1.807) is 30.7 Å². The Morgan fingerprint density at radius 2 is 2.39 bits per heavy atom. The minimum absolute atomic E-state index is 0.227. The van der Waals surface area contributed by atoms with Crippen molar-refractivity contribution in [2.45, 2.75) is 6.92 Å². The van der Waals surface area contributed by atoms with E-state index >= 15 is 0 Å². The number of nitrogens with zero attached hydrogens (tertiary/aromatic N) is 1. The number of pyridine rings is 1. The molecule has 0 aromatic carbocycles. The number of aryl methyl sites for hydroxylation is 1. The van der Waals surface area contributed by atoms with Crippen molar-refractivity contribution in [1.29, 1.82) is 0 Å². The number of halogens is 1. The number of carbonyl (C=O) groups is 1. The van der Waals surface area contributed by atoms with Crippen LogP contribution < -0.4 is 5.32 Å². The van der Waals surface area contributed by atoms with E-state index < -0.39 is 0 Å². The fraction of sp³-hybridized carbons (Fsp3) is 0.0769. The summed E-state index contributed by atoms with van der Waals surface area (Å²) in [6.07, 6.45) is 6.17. The molecule has 0 saturated carbocycles. The normalized spacial score (nSPS) is 10.8. The molecule has 0 fully saturated rings. The third kappa shape index (κ3) is 3.30. The van der Waals surface area contributed by atoms with Crippen LogP contribution in [0.4, 0.5) is 5.69 Å². The maximum atomic E-state index is 11.6. The molecule has 18 heavy (non-hydrogen) atoms. The highest BCUT2D eigenvalue weighted by Crippen LogP contribution is 2.16. The number of nitrogens with one attached hydrogen (secondary N) is 1. The van der Waals surface area contributed by atoms with Gasteiger partial charge in [-0.1, -0.05) is 0 Å². The Bertz CT molecular complexity index is 577. The van der Waals surface area contributed by atoms with E-state index in [-0.39, 0.29) is 5.91 Å². The zero-order valence-corrected chi connectivity index (χ0v) is 11.3. The first-order valence-corrected chi connectivity index (χ1v) is 6.09. The molecule has 0 spiro atoms. The highest BCUT2D eigenvalue weighted by Gasteiger charge is 2.01. The summed E-state index contributed by atoms with van der Waals surface area (Å²) in [5.74, 6) is 0.408. The minimum atomic E-state index is -0.227. The summed E-state index contributed by atoms with van der Waals surface area (Å²) in [6.45, 7) is 1.91. The number of hydrogen-bond donors (Lipinski definition) is 1. The van der Waals surface area contributed by atoms with Crippen LogP contribution in [0.25, 0.3) is 6.08 Å². The lowest BCUT2D eigenvalue weighted by atomic mass is 10.3. The molecule has 2 aromatic rings. The van der Waals surface area contributed by atoms with Gasteiger partial charge in [0.05, 0.1) is 18.1 Å². The zero-order valence-electron chi connectivity index (χ0n) is 9.68. The number of furan rings is 1. The van der Waals surface area contributed by atoms with Gasteiger partial charge in [0.1, 0.15) is 10.4 Å². The molecule has 1 N–H and O–H groups in total. The largest absolute Gasteiger partial charge is 0.465 e. The Labute approximate surface area is 113 Å². The van der Waals surface area contributed by atoms with Crippen LogP contribution >= 0.6 is 15.9 Å². The quantitative estimate of drug-likeness (QED) is 0.698. The molecule has 0 radical (unpaired) electrons. The van der Waals surface area contributed by atoms with Crippen molar-refractivity contribution in [3.8, 4) is 0 Å². The molecule has 2 rings (SSSR count). The van der Waals surface area contributed by atoms with E-state index in [1.807, 2.05) is 13.0 Å². The van der Waals surface area contributed by atoms with Gasteiger partial charge in [0.15, 0.2) is 0 Å². The van der Waals surface area contributed by atoms with E-state index in [2.05, 4.69) is 26.2 Å². The second-order valence-electron chi connectivity index (χ2n) is 3.67. The zero-order chi connectivity index (χ0) is 13.0.